The lowest BCUT2D eigenvalue weighted by Crippen LogP contribution is -1.86. The molecule has 0 amide bonds. The molecule has 0 bridgehead atoms. The third-order valence-electron chi connectivity index (χ3n) is 2.25. The van der Waals surface area contributed by atoms with Crippen molar-refractivity contribution in [2.75, 3.05) is 5.73 Å². The summed E-state index contributed by atoms with van der Waals surface area (Å²) < 4.78 is 1.05. The fourth-order valence-electron chi connectivity index (χ4n) is 1.56. The number of nitrogens with zero attached hydrogens (tertiary/aromatic N) is 1. The number of benzene rings is 1. The molecular formula is C11H12BrN3. The molecule has 0 saturated carbocycles. The summed E-state index contributed by atoms with van der Waals surface area (Å²) in [5.74, 6) is 0.474. The Morgan fingerprint density at radius 3 is 2.93 bits per heavy atom. The van der Waals surface area contributed by atoms with E-state index in [-0.39, 0.29) is 0 Å². The molecule has 2 rings (SSSR count). The fourth-order valence-corrected chi connectivity index (χ4v) is 1.96. The topological polar surface area (TPSA) is 54.7 Å². The maximum Gasteiger partial charge on any atom is 0.198 e. The SMILES string of the molecule is CCc1[nH]c(N)nc1-c1cccc(Br)c1. The lowest BCUT2D eigenvalue weighted by atomic mass is 10.1. The largest absolute Gasteiger partial charge is 0.369 e. The van der Waals surface area contributed by atoms with Gasteiger partial charge in [0.25, 0.3) is 0 Å². The summed E-state index contributed by atoms with van der Waals surface area (Å²) in [6, 6.07) is 8.04. The molecule has 78 valence electrons. The molecule has 0 aliphatic heterocycles. The van der Waals surface area contributed by atoms with Gasteiger partial charge in [0.15, 0.2) is 5.95 Å². The van der Waals surface area contributed by atoms with Crippen molar-refractivity contribution in [1.82, 2.24) is 9.97 Å². The van der Waals surface area contributed by atoms with Crippen LogP contribution in [0.1, 0.15) is 12.6 Å². The highest BCUT2D eigenvalue weighted by molar-refractivity contribution is 9.10. The number of aromatic amines is 1. The number of imidazole rings is 1. The smallest absolute Gasteiger partial charge is 0.198 e. The lowest BCUT2D eigenvalue weighted by molar-refractivity contribution is 1.07. The van der Waals surface area contributed by atoms with Crippen molar-refractivity contribution in [3.05, 3.63) is 34.4 Å². The van der Waals surface area contributed by atoms with E-state index in [1.165, 1.54) is 0 Å². The van der Waals surface area contributed by atoms with Gasteiger partial charge in [-0.1, -0.05) is 35.0 Å². The van der Waals surface area contributed by atoms with Crippen LogP contribution in [0.25, 0.3) is 11.3 Å². The normalized spacial score (nSPS) is 10.5. The Labute approximate surface area is 96.9 Å². The van der Waals surface area contributed by atoms with Crippen molar-refractivity contribution in [2.45, 2.75) is 13.3 Å². The van der Waals surface area contributed by atoms with E-state index >= 15 is 0 Å². The quantitative estimate of drug-likeness (QED) is 0.877. The molecule has 0 spiro atoms. The third kappa shape index (κ3) is 2.04. The van der Waals surface area contributed by atoms with E-state index in [1.54, 1.807) is 0 Å². The highest BCUT2D eigenvalue weighted by Crippen LogP contribution is 2.25. The highest BCUT2D eigenvalue weighted by atomic mass is 79.9. The van der Waals surface area contributed by atoms with E-state index in [4.69, 9.17) is 5.73 Å². The number of hydrogen-bond donors (Lipinski definition) is 2. The number of nitrogens with two attached hydrogens (primary N) is 1. The summed E-state index contributed by atoms with van der Waals surface area (Å²) in [4.78, 5) is 7.36. The first-order valence-corrected chi connectivity index (χ1v) is 5.60. The number of aromatic nitrogens is 2. The number of anilines is 1. The first-order valence-electron chi connectivity index (χ1n) is 4.81. The Hall–Kier alpha value is -1.29. The summed E-state index contributed by atoms with van der Waals surface area (Å²) >= 11 is 3.44. The molecule has 1 aromatic carbocycles. The van der Waals surface area contributed by atoms with Gasteiger partial charge in [0.2, 0.25) is 0 Å². The van der Waals surface area contributed by atoms with E-state index in [0.29, 0.717) is 5.95 Å². The highest BCUT2D eigenvalue weighted by Gasteiger charge is 2.09. The van der Waals surface area contributed by atoms with Crippen molar-refractivity contribution in [1.29, 1.82) is 0 Å². The number of nitrogen functional groups attached to an aromatic ring is 1. The van der Waals surface area contributed by atoms with Crippen molar-refractivity contribution in [3.8, 4) is 11.3 Å². The molecule has 15 heavy (non-hydrogen) atoms. The Balaban J connectivity index is 2.53. The molecule has 3 N–H and O–H groups in total. The van der Waals surface area contributed by atoms with Crippen molar-refractivity contribution < 1.29 is 0 Å². The third-order valence-corrected chi connectivity index (χ3v) is 2.74. The zero-order valence-electron chi connectivity index (χ0n) is 8.42. The number of halogens is 1. The molecule has 0 saturated heterocycles. The molecule has 3 nitrogen and oxygen atoms in total. The average molecular weight is 266 g/mol. The van der Waals surface area contributed by atoms with Crippen LogP contribution in [0, 0.1) is 0 Å². The zero-order valence-corrected chi connectivity index (χ0v) is 10.0. The van der Waals surface area contributed by atoms with E-state index < -0.39 is 0 Å². The summed E-state index contributed by atoms with van der Waals surface area (Å²) in [7, 11) is 0. The van der Waals surface area contributed by atoms with Crippen LogP contribution in [0.15, 0.2) is 28.7 Å². The van der Waals surface area contributed by atoms with Gasteiger partial charge in [-0.25, -0.2) is 4.98 Å². The molecule has 2 aromatic rings. The molecule has 0 unspecified atom stereocenters. The van der Waals surface area contributed by atoms with Crippen LogP contribution in [-0.2, 0) is 6.42 Å². The van der Waals surface area contributed by atoms with Gasteiger partial charge < -0.3 is 10.7 Å². The first kappa shape index (κ1) is 10.2. The van der Waals surface area contributed by atoms with Crippen LogP contribution in [0.3, 0.4) is 0 Å². The molecule has 0 radical (unpaired) electrons. The maximum absolute atomic E-state index is 5.65. The van der Waals surface area contributed by atoms with Crippen molar-refractivity contribution in [2.24, 2.45) is 0 Å². The number of H-pyrrole nitrogens is 1. The van der Waals surface area contributed by atoms with Gasteiger partial charge in [-0.05, 0) is 18.6 Å². The van der Waals surface area contributed by atoms with Crippen LogP contribution in [0.5, 0.6) is 0 Å². The second-order valence-electron chi connectivity index (χ2n) is 3.31. The summed E-state index contributed by atoms with van der Waals surface area (Å²) in [6.07, 6.45) is 0.895. The predicted molar refractivity (Wildman–Crippen MR) is 65.5 cm³/mol. The molecule has 4 heteroatoms. The van der Waals surface area contributed by atoms with Gasteiger partial charge in [-0.15, -0.1) is 0 Å². The van der Waals surface area contributed by atoms with Gasteiger partial charge in [0.1, 0.15) is 0 Å². The Morgan fingerprint density at radius 1 is 1.47 bits per heavy atom. The minimum Gasteiger partial charge on any atom is -0.369 e. The van der Waals surface area contributed by atoms with Gasteiger partial charge in [0.05, 0.1) is 5.69 Å². The van der Waals surface area contributed by atoms with Crippen molar-refractivity contribution >= 4 is 21.9 Å². The molecule has 1 heterocycles. The molecule has 0 aliphatic rings. The molecule has 1 aromatic heterocycles. The van der Waals surface area contributed by atoms with Crippen LogP contribution < -0.4 is 5.73 Å². The summed E-state index contributed by atoms with van der Waals surface area (Å²) in [6.45, 7) is 2.08. The predicted octanol–water partition coefficient (Wildman–Crippen LogP) is 2.98. The Morgan fingerprint density at radius 2 is 2.27 bits per heavy atom. The van der Waals surface area contributed by atoms with Gasteiger partial charge in [-0.3, -0.25) is 0 Å². The fraction of sp³-hybridized carbons (Fsp3) is 0.182. The van der Waals surface area contributed by atoms with Crippen LogP contribution in [0.4, 0.5) is 5.95 Å². The van der Waals surface area contributed by atoms with E-state index in [0.717, 1.165) is 27.8 Å². The minimum absolute atomic E-state index is 0.474. The minimum atomic E-state index is 0.474. The zero-order chi connectivity index (χ0) is 10.8. The Kier molecular flexibility index (Phi) is 2.77. The van der Waals surface area contributed by atoms with Crippen LogP contribution in [-0.4, -0.2) is 9.97 Å². The van der Waals surface area contributed by atoms with E-state index in [2.05, 4.69) is 32.8 Å². The number of aryl methyl sites for hydroxylation is 1. The van der Waals surface area contributed by atoms with Crippen molar-refractivity contribution in [3.63, 3.8) is 0 Å². The summed E-state index contributed by atoms with van der Waals surface area (Å²) in [5.41, 5.74) is 8.75. The number of nitrogens with one attached hydrogen (secondary N) is 1. The average Bonchev–Trinajstić information content (AvgIpc) is 2.59. The second kappa shape index (κ2) is 4.06. The standard InChI is InChI=1S/C11H12BrN3/c1-2-9-10(15-11(13)14-9)7-4-3-5-8(12)6-7/h3-6H,2H2,1H3,(H3,13,14,15). The van der Waals surface area contributed by atoms with E-state index in [1.807, 2.05) is 24.3 Å². The molecule has 0 atom stereocenters. The van der Waals surface area contributed by atoms with Gasteiger partial charge >= 0.3 is 0 Å². The Bertz CT molecular complexity index is 476. The first-order chi connectivity index (χ1) is 7.20. The number of rotatable bonds is 2. The summed E-state index contributed by atoms with van der Waals surface area (Å²) in [5, 5.41) is 0. The van der Waals surface area contributed by atoms with E-state index in [9.17, 15) is 0 Å². The molecular weight excluding hydrogens is 254 g/mol. The maximum atomic E-state index is 5.65. The van der Waals surface area contributed by atoms with Gasteiger partial charge in [-0.2, -0.15) is 0 Å². The van der Waals surface area contributed by atoms with Crippen LogP contribution in [0.2, 0.25) is 0 Å². The second-order valence-corrected chi connectivity index (χ2v) is 4.23. The van der Waals surface area contributed by atoms with Gasteiger partial charge in [0, 0.05) is 15.7 Å². The number of hydrogen-bond acceptors (Lipinski definition) is 2. The molecule has 0 fully saturated rings. The van der Waals surface area contributed by atoms with Crippen LogP contribution >= 0.6 is 15.9 Å². The molecule has 0 aliphatic carbocycles. The monoisotopic (exact) mass is 265 g/mol. The lowest BCUT2D eigenvalue weighted by Gasteiger charge is -2.00.